The van der Waals surface area contributed by atoms with Crippen molar-refractivity contribution in [3.8, 4) is 11.5 Å². The largest absolute Gasteiger partial charge is 0.573 e. The molecule has 0 aromatic heterocycles. The second kappa shape index (κ2) is 5.90. The topological polar surface area (TPSA) is 41.5 Å². The van der Waals surface area contributed by atoms with Crippen LogP contribution in [0.2, 0.25) is 0 Å². The Balaban J connectivity index is 2.03. The van der Waals surface area contributed by atoms with Crippen LogP contribution < -0.4 is 10.1 Å². The molecule has 0 atom stereocenters. The van der Waals surface area contributed by atoms with Gasteiger partial charge in [0, 0.05) is 18.3 Å². The normalized spacial score (nSPS) is 11.2. The van der Waals surface area contributed by atoms with Crippen molar-refractivity contribution in [1.29, 1.82) is 0 Å². The molecule has 2 aromatic rings. The quantitative estimate of drug-likeness (QED) is 0.661. The first-order valence-corrected chi connectivity index (χ1v) is 5.90. The highest BCUT2D eigenvalue weighted by Gasteiger charge is 2.31. The summed E-state index contributed by atoms with van der Waals surface area (Å²) in [5.41, 5.74) is 0.928. The Hall–Kier alpha value is -2.44. The summed E-state index contributed by atoms with van der Waals surface area (Å²) in [5.74, 6) is -1.58. The number of aromatic hydroxyl groups is 1. The molecule has 3 nitrogen and oxygen atoms in total. The van der Waals surface area contributed by atoms with Crippen molar-refractivity contribution in [1.82, 2.24) is 0 Å². The van der Waals surface area contributed by atoms with E-state index in [4.69, 9.17) is 5.11 Å². The smallest absolute Gasteiger partial charge is 0.505 e. The van der Waals surface area contributed by atoms with E-state index < -0.39 is 17.9 Å². The van der Waals surface area contributed by atoms with Gasteiger partial charge in [0.2, 0.25) is 0 Å². The number of phenols is 1. The molecule has 2 rings (SSSR count). The molecule has 112 valence electrons. The number of phenolic OH excluding ortho intramolecular Hbond substituents is 1. The fourth-order valence-corrected chi connectivity index (χ4v) is 1.67. The number of rotatable bonds is 4. The third-order valence-electron chi connectivity index (χ3n) is 2.58. The maximum Gasteiger partial charge on any atom is 0.573 e. The van der Waals surface area contributed by atoms with Crippen LogP contribution in [0.3, 0.4) is 0 Å². The highest BCUT2D eigenvalue weighted by atomic mass is 19.4. The van der Waals surface area contributed by atoms with Crippen molar-refractivity contribution in [2.24, 2.45) is 0 Å². The first-order valence-electron chi connectivity index (χ1n) is 5.90. The van der Waals surface area contributed by atoms with E-state index in [0.29, 0.717) is 11.3 Å². The van der Waals surface area contributed by atoms with Crippen LogP contribution >= 0.6 is 0 Å². The lowest BCUT2D eigenvalue weighted by Crippen LogP contribution is -2.17. The van der Waals surface area contributed by atoms with E-state index in [0.717, 1.165) is 6.07 Å². The van der Waals surface area contributed by atoms with Crippen LogP contribution in [0.15, 0.2) is 42.5 Å². The number of hydrogen-bond acceptors (Lipinski definition) is 3. The van der Waals surface area contributed by atoms with E-state index in [2.05, 4.69) is 10.1 Å². The maximum atomic E-state index is 13.1. The van der Waals surface area contributed by atoms with Crippen LogP contribution in [-0.4, -0.2) is 11.5 Å². The summed E-state index contributed by atoms with van der Waals surface area (Å²) in [6.07, 6.45) is -4.74. The minimum absolute atomic E-state index is 0.180. The predicted octanol–water partition coefficient (Wildman–Crippen LogP) is 4.04. The van der Waals surface area contributed by atoms with Gasteiger partial charge >= 0.3 is 6.36 Å². The second-order valence-electron chi connectivity index (χ2n) is 4.21. The van der Waals surface area contributed by atoms with Gasteiger partial charge in [-0.3, -0.25) is 0 Å². The van der Waals surface area contributed by atoms with Crippen molar-refractivity contribution in [2.45, 2.75) is 12.9 Å². The molecule has 0 bridgehead atoms. The van der Waals surface area contributed by atoms with Gasteiger partial charge in [-0.1, -0.05) is 12.1 Å². The fourth-order valence-electron chi connectivity index (χ4n) is 1.67. The minimum Gasteiger partial charge on any atom is -0.505 e. The standard InChI is InChI=1S/C14H11F4NO2/c15-12-7-10(4-5-13(12)20)19-8-9-2-1-3-11(6-9)21-14(16,17)18/h1-7,19-20H,8H2. The summed E-state index contributed by atoms with van der Waals surface area (Å²) in [4.78, 5) is 0. The first kappa shape index (κ1) is 15.0. The Morgan fingerprint density at radius 2 is 1.86 bits per heavy atom. The average molecular weight is 301 g/mol. The van der Waals surface area contributed by atoms with E-state index in [9.17, 15) is 17.6 Å². The molecule has 2 aromatic carbocycles. The molecule has 0 aliphatic carbocycles. The number of ether oxygens (including phenoxy) is 1. The highest BCUT2D eigenvalue weighted by molar-refractivity contribution is 5.47. The van der Waals surface area contributed by atoms with E-state index >= 15 is 0 Å². The lowest BCUT2D eigenvalue weighted by Gasteiger charge is -2.11. The molecule has 2 N–H and O–H groups in total. The van der Waals surface area contributed by atoms with Crippen molar-refractivity contribution < 1.29 is 27.4 Å². The number of anilines is 1. The molecule has 0 fully saturated rings. The summed E-state index contributed by atoms with van der Waals surface area (Å²) >= 11 is 0. The number of halogens is 4. The molecule has 7 heteroatoms. The second-order valence-corrected chi connectivity index (χ2v) is 4.21. The van der Waals surface area contributed by atoms with Gasteiger partial charge in [0.1, 0.15) is 5.75 Å². The SMILES string of the molecule is Oc1ccc(NCc2cccc(OC(F)(F)F)c2)cc1F. The molecular formula is C14H11F4NO2. The molecular weight excluding hydrogens is 290 g/mol. The van der Waals surface area contributed by atoms with Gasteiger partial charge in [0.15, 0.2) is 11.6 Å². The predicted molar refractivity (Wildman–Crippen MR) is 68.5 cm³/mol. The third-order valence-corrected chi connectivity index (χ3v) is 2.58. The minimum atomic E-state index is -4.74. The number of nitrogens with one attached hydrogen (secondary N) is 1. The Morgan fingerprint density at radius 1 is 1.10 bits per heavy atom. The molecule has 0 amide bonds. The Morgan fingerprint density at radius 3 is 2.52 bits per heavy atom. The van der Waals surface area contributed by atoms with Gasteiger partial charge in [-0.15, -0.1) is 13.2 Å². The van der Waals surface area contributed by atoms with Gasteiger partial charge < -0.3 is 15.2 Å². The molecule has 0 saturated heterocycles. The van der Waals surface area contributed by atoms with Crippen molar-refractivity contribution >= 4 is 5.69 Å². The summed E-state index contributed by atoms with van der Waals surface area (Å²) in [6.45, 7) is 0.180. The fraction of sp³-hybridized carbons (Fsp3) is 0.143. The molecule has 0 radical (unpaired) electrons. The zero-order valence-corrected chi connectivity index (χ0v) is 10.6. The Kier molecular flexibility index (Phi) is 4.21. The molecule has 0 spiro atoms. The molecule has 0 unspecified atom stereocenters. The third kappa shape index (κ3) is 4.55. The lowest BCUT2D eigenvalue weighted by atomic mass is 10.2. The van der Waals surface area contributed by atoms with Gasteiger partial charge in [-0.25, -0.2) is 4.39 Å². The van der Waals surface area contributed by atoms with Crippen LogP contribution in [0.5, 0.6) is 11.5 Å². The molecule has 0 saturated carbocycles. The zero-order valence-electron chi connectivity index (χ0n) is 10.6. The van der Waals surface area contributed by atoms with Crippen LogP contribution in [0.1, 0.15) is 5.56 Å². The van der Waals surface area contributed by atoms with Crippen molar-refractivity contribution in [3.05, 3.63) is 53.8 Å². The first-order chi connectivity index (χ1) is 9.83. The Labute approximate surface area is 117 Å². The average Bonchev–Trinajstić information content (AvgIpc) is 2.39. The van der Waals surface area contributed by atoms with Gasteiger partial charge in [-0.05, 0) is 29.8 Å². The number of alkyl halides is 3. The van der Waals surface area contributed by atoms with E-state index in [-0.39, 0.29) is 12.3 Å². The zero-order chi connectivity index (χ0) is 15.5. The summed E-state index contributed by atoms with van der Waals surface area (Å²) in [5, 5.41) is 11.9. The van der Waals surface area contributed by atoms with Crippen LogP contribution in [0.25, 0.3) is 0 Å². The molecule has 0 heterocycles. The van der Waals surface area contributed by atoms with Gasteiger partial charge in [-0.2, -0.15) is 0 Å². The van der Waals surface area contributed by atoms with Gasteiger partial charge in [0.25, 0.3) is 0 Å². The van der Waals surface area contributed by atoms with Gasteiger partial charge in [0.05, 0.1) is 0 Å². The lowest BCUT2D eigenvalue weighted by molar-refractivity contribution is -0.274. The number of benzene rings is 2. The number of hydrogen-bond donors (Lipinski definition) is 2. The van der Waals surface area contributed by atoms with Crippen LogP contribution in [-0.2, 0) is 6.54 Å². The van der Waals surface area contributed by atoms with Crippen LogP contribution in [0, 0.1) is 5.82 Å². The molecule has 21 heavy (non-hydrogen) atoms. The van der Waals surface area contributed by atoms with E-state index in [1.165, 1.54) is 30.3 Å². The monoisotopic (exact) mass is 301 g/mol. The summed E-state index contributed by atoms with van der Waals surface area (Å²) < 4.78 is 53.2. The summed E-state index contributed by atoms with van der Waals surface area (Å²) in [6, 6.07) is 9.18. The van der Waals surface area contributed by atoms with E-state index in [1.54, 1.807) is 6.07 Å². The molecule has 0 aliphatic heterocycles. The van der Waals surface area contributed by atoms with E-state index in [1.807, 2.05) is 0 Å². The highest BCUT2D eigenvalue weighted by Crippen LogP contribution is 2.24. The van der Waals surface area contributed by atoms with Crippen LogP contribution in [0.4, 0.5) is 23.2 Å². The molecule has 0 aliphatic rings. The summed E-state index contributed by atoms with van der Waals surface area (Å²) in [7, 11) is 0. The van der Waals surface area contributed by atoms with Crippen molar-refractivity contribution in [3.63, 3.8) is 0 Å². The maximum absolute atomic E-state index is 13.1. The Bertz CT molecular complexity index is 629. The van der Waals surface area contributed by atoms with Crippen molar-refractivity contribution in [2.75, 3.05) is 5.32 Å².